The number of nitrogens with zero attached hydrogens (tertiary/aromatic N) is 1. The largest absolute Gasteiger partial charge is 0.492 e. The van der Waals surface area contributed by atoms with E-state index in [0.717, 1.165) is 16.9 Å². The van der Waals surface area contributed by atoms with Gasteiger partial charge in [0.1, 0.15) is 16.6 Å². The molecule has 0 aliphatic heterocycles. The van der Waals surface area contributed by atoms with Gasteiger partial charge in [-0.05, 0) is 36.4 Å². The fourth-order valence-corrected chi connectivity index (χ4v) is 4.34. The molecular formula is C15H19NO3S2. The number of ether oxygens (including phenoxy) is 1. The molecule has 0 saturated heterocycles. The molecule has 1 heterocycles. The maximum absolute atomic E-state index is 12.3. The average Bonchev–Trinajstić information content (AvgIpc) is 2.96. The second-order valence-electron chi connectivity index (χ2n) is 4.83. The summed E-state index contributed by atoms with van der Waals surface area (Å²) in [4.78, 5) is 0. The summed E-state index contributed by atoms with van der Waals surface area (Å²) in [5.74, 6) is 0.833. The highest BCUT2D eigenvalue weighted by atomic mass is 32.2. The van der Waals surface area contributed by atoms with E-state index in [1.165, 1.54) is 15.6 Å². The van der Waals surface area contributed by atoms with Crippen LogP contribution in [0.4, 0.5) is 0 Å². The monoisotopic (exact) mass is 325 g/mol. The van der Waals surface area contributed by atoms with E-state index in [-0.39, 0.29) is 0 Å². The predicted molar refractivity (Wildman–Crippen MR) is 85.5 cm³/mol. The van der Waals surface area contributed by atoms with E-state index >= 15 is 0 Å². The topological polar surface area (TPSA) is 46.6 Å². The first-order valence-corrected chi connectivity index (χ1v) is 8.94. The molecule has 114 valence electrons. The van der Waals surface area contributed by atoms with Crippen LogP contribution in [0.1, 0.15) is 11.1 Å². The molecule has 1 aromatic heterocycles. The molecule has 1 aromatic carbocycles. The molecule has 2 aromatic rings. The summed E-state index contributed by atoms with van der Waals surface area (Å²) in [7, 11) is -1.83. The van der Waals surface area contributed by atoms with Crippen molar-refractivity contribution in [1.29, 1.82) is 0 Å². The molecule has 0 bridgehead atoms. The van der Waals surface area contributed by atoms with Gasteiger partial charge in [0.2, 0.25) is 0 Å². The molecule has 2 rings (SSSR count). The smallest absolute Gasteiger partial charge is 0.252 e. The van der Waals surface area contributed by atoms with Crippen LogP contribution in [-0.2, 0) is 10.0 Å². The molecule has 0 aliphatic rings. The summed E-state index contributed by atoms with van der Waals surface area (Å²) in [6.45, 7) is 4.60. The Morgan fingerprint density at radius 1 is 1.14 bits per heavy atom. The lowest BCUT2D eigenvalue weighted by atomic mass is 10.1. The van der Waals surface area contributed by atoms with Gasteiger partial charge in [-0.3, -0.25) is 0 Å². The number of aryl methyl sites for hydroxylation is 2. The van der Waals surface area contributed by atoms with Crippen molar-refractivity contribution in [3.05, 3.63) is 46.8 Å². The minimum Gasteiger partial charge on any atom is -0.492 e. The summed E-state index contributed by atoms with van der Waals surface area (Å²) in [5, 5.41) is 1.76. The van der Waals surface area contributed by atoms with Gasteiger partial charge in [-0.1, -0.05) is 24.3 Å². The van der Waals surface area contributed by atoms with Crippen LogP contribution in [0.5, 0.6) is 5.75 Å². The van der Waals surface area contributed by atoms with E-state index in [0.29, 0.717) is 17.4 Å². The van der Waals surface area contributed by atoms with Crippen LogP contribution in [0, 0.1) is 13.8 Å². The van der Waals surface area contributed by atoms with Crippen LogP contribution >= 0.6 is 11.3 Å². The summed E-state index contributed by atoms with van der Waals surface area (Å²) in [6, 6.07) is 9.29. The van der Waals surface area contributed by atoms with Crippen LogP contribution in [0.3, 0.4) is 0 Å². The highest BCUT2D eigenvalue weighted by Crippen LogP contribution is 2.23. The minimum atomic E-state index is -3.40. The third-order valence-electron chi connectivity index (χ3n) is 3.22. The maximum atomic E-state index is 12.3. The number of likely N-dealkylation sites (N-methyl/N-ethyl adjacent to an activating group) is 1. The molecule has 0 radical (unpaired) electrons. The number of hydrogen-bond acceptors (Lipinski definition) is 4. The van der Waals surface area contributed by atoms with Gasteiger partial charge in [-0.15, -0.1) is 11.3 Å². The molecule has 0 fully saturated rings. The first-order chi connectivity index (χ1) is 9.93. The molecule has 6 heteroatoms. The van der Waals surface area contributed by atoms with Crippen molar-refractivity contribution < 1.29 is 13.2 Å². The molecule has 0 N–H and O–H groups in total. The number of para-hydroxylation sites is 1. The molecule has 4 nitrogen and oxygen atoms in total. The van der Waals surface area contributed by atoms with E-state index in [1.807, 2.05) is 32.0 Å². The van der Waals surface area contributed by atoms with Crippen molar-refractivity contribution in [2.45, 2.75) is 18.1 Å². The SMILES string of the molecule is Cc1cccc(C)c1OCCN(C)S(=O)(=O)c1cccs1. The normalized spacial score (nSPS) is 11.8. The lowest BCUT2D eigenvalue weighted by Crippen LogP contribution is -2.30. The maximum Gasteiger partial charge on any atom is 0.252 e. The number of thiophene rings is 1. The summed E-state index contributed by atoms with van der Waals surface area (Å²) in [6.07, 6.45) is 0. The first-order valence-electron chi connectivity index (χ1n) is 6.62. The molecule has 0 atom stereocenters. The van der Waals surface area contributed by atoms with Crippen molar-refractivity contribution in [2.24, 2.45) is 0 Å². The van der Waals surface area contributed by atoms with Gasteiger partial charge in [0.15, 0.2) is 0 Å². The molecule has 0 aliphatic carbocycles. The Bertz CT molecular complexity index is 673. The third-order valence-corrected chi connectivity index (χ3v) is 6.45. The van der Waals surface area contributed by atoms with Crippen molar-refractivity contribution in [3.63, 3.8) is 0 Å². The number of sulfonamides is 1. The van der Waals surface area contributed by atoms with Crippen LogP contribution in [0.25, 0.3) is 0 Å². The Balaban J connectivity index is 1.98. The van der Waals surface area contributed by atoms with Gasteiger partial charge in [-0.2, -0.15) is 4.31 Å². The highest BCUT2D eigenvalue weighted by Gasteiger charge is 2.21. The van der Waals surface area contributed by atoms with Crippen molar-refractivity contribution >= 4 is 21.4 Å². The fraction of sp³-hybridized carbons (Fsp3) is 0.333. The Morgan fingerprint density at radius 3 is 2.38 bits per heavy atom. The molecule has 0 amide bonds. The first kappa shape index (κ1) is 16.0. The van der Waals surface area contributed by atoms with E-state index in [1.54, 1.807) is 24.6 Å². The Hall–Kier alpha value is -1.37. The molecule has 0 spiro atoms. The van der Waals surface area contributed by atoms with Crippen LogP contribution in [0.2, 0.25) is 0 Å². The van der Waals surface area contributed by atoms with Crippen LogP contribution in [0.15, 0.2) is 39.9 Å². The standard InChI is InChI=1S/C15H19NO3S2/c1-12-6-4-7-13(2)15(12)19-10-9-16(3)21(17,18)14-8-5-11-20-14/h4-8,11H,9-10H2,1-3H3. The summed E-state index contributed by atoms with van der Waals surface area (Å²) in [5.41, 5.74) is 2.11. The molecule has 0 unspecified atom stereocenters. The Labute approximate surface area is 130 Å². The number of rotatable bonds is 6. The predicted octanol–water partition coefficient (Wildman–Crippen LogP) is 3.06. The quantitative estimate of drug-likeness (QED) is 0.820. The van der Waals surface area contributed by atoms with Gasteiger partial charge in [0, 0.05) is 13.6 Å². The van der Waals surface area contributed by atoms with E-state index in [9.17, 15) is 8.42 Å². The zero-order chi connectivity index (χ0) is 15.5. The van der Waals surface area contributed by atoms with Crippen molar-refractivity contribution in [2.75, 3.05) is 20.2 Å². The number of benzene rings is 1. The second kappa shape index (κ2) is 6.60. The van der Waals surface area contributed by atoms with Crippen molar-refractivity contribution in [3.8, 4) is 5.75 Å². The van der Waals surface area contributed by atoms with Crippen molar-refractivity contribution in [1.82, 2.24) is 4.31 Å². The Morgan fingerprint density at radius 2 is 1.81 bits per heavy atom. The zero-order valence-corrected chi connectivity index (χ0v) is 14.0. The highest BCUT2D eigenvalue weighted by molar-refractivity contribution is 7.91. The molecule has 0 saturated carbocycles. The third kappa shape index (κ3) is 3.64. The van der Waals surface area contributed by atoms with Crippen LogP contribution < -0.4 is 4.74 Å². The second-order valence-corrected chi connectivity index (χ2v) is 8.05. The van der Waals surface area contributed by atoms with E-state index < -0.39 is 10.0 Å². The lowest BCUT2D eigenvalue weighted by molar-refractivity contribution is 0.284. The lowest BCUT2D eigenvalue weighted by Gasteiger charge is -2.17. The summed E-state index contributed by atoms with van der Waals surface area (Å²) >= 11 is 1.22. The van der Waals surface area contributed by atoms with Gasteiger partial charge < -0.3 is 4.74 Å². The van der Waals surface area contributed by atoms with Gasteiger partial charge in [0.05, 0.1) is 0 Å². The number of hydrogen-bond donors (Lipinski definition) is 0. The average molecular weight is 325 g/mol. The Kier molecular flexibility index (Phi) is 5.03. The summed E-state index contributed by atoms with van der Waals surface area (Å²) < 4.78 is 31.9. The zero-order valence-electron chi connectivity index (χ0n) is 12.4. The van der Waals surface area contributed by atoms with Gasteiger partial charge >= 0.3 is 0 Å². The van der Waals surface area contributed by atoms with Crippen LogP contribution in [-0.4, -0.2) is 32.9 Å². The fourth-order valence-electron chi connectivity index (χ4n) is 1.99. The van der Waals surface area contributed by atoms with Gasteiger partial charge in [-0.25, -0.2) is 8.42 Å². The minimum absolute atomic E-state index is 0.313. The van der Waals surface area contributed by atoms with E-state index in [2.05, 4.69) is 0 Å². The molecule has 21 heavy (non-hydrogen) atoms. The van der Waals surface area contributed by atoms with E-state index in [4.69, 9.17) is 4.74 Å². The molecular weight excluding hydrogens is 306 g/mol. The van der Waals surface area contributed by atoms with Gasteiger partial charge in [0.25, 0.3) is 10.0 Å².